The summed E-state index contributed by atoms with van der Waals surface area (Å²) >= 11 is 6.10. The third kappa shape index (κ3) is 3.29. The van der Waals surface area contributed by atoms with Crippen LogP contribution < -0.4 is 16.4 Å². The Bertz CT molecular complexity index is 558. The average Bonchev–Trinajstić information content (AvgIpc) is 2.67. The number of hydrogen-bond donors (Lipinski definition) is 3. The highest BCUT2D eigenvalue weighted by Gasteiger charge is 2.21. The Kier molecular flexibility index (Phi) is 4.30. The molecule has 6 heteroatoms. The summed E-state index contributed by atoms with van der Waals surface area (Å²) in [6, 6.07) is 2.79. The van der Waals surface area contributed by atoms with Gasteiger partial charge in [0.2, 0.25) is 11.8 Å². The van der Waals surface area contributed by atoms with Crippen molar-refractivity contribution in [2.75, 3.05) is 10.6 Å². The first-order valence-electron chi connectivity index (χ1n) is 6.55. The number of halogens is 1. The number of carbonyl (C=O) groups excluding carboxylic acids is 2. The first kappa shape index (κ1) is 14.8. The van der Waals surface area contributed by atoms with Gasteiger partial charge in [-0.05, 0) is 30.0 Å². The number of nitrogens with two attached hydrogens (primary N) is 1. The van der Waals surface area contributed by atoms with Gasteiger partial charge in [-0.25, -0.2) is 0 Å². The molecule has 0 aromatic heterocycles. The molecule has 0 unspecified atom stereocenters. The van der Waals surface area contributed by atoms with Gasteiger partial charge in [-0.3, -0.25) is 9.59 Å². The van der Waals surface area contributed by atoms with Gasteiger partial charge in [0.15, 0.2) is 0 Å². The van der Waals surface area contributed by atoms with Crippen LogP contribution in [-0.2, 0) is 16.0 Å². The zero-order valence-corrected chi connectivity index (χ0v) is 12.3. The molecule has 5 nitrogen and oxygen atoms in total. The lowest BCUT2D eigenvalue weighted by Gasteiger charge is -2.15. The van der Waals surface area contributed by atoms with E-state index in [4.69, 9.17) is 17.3 Å². The van der Waals surface area contributed by atoms with Crippen LogP contribution in [0.2, 0.25) is 5.02 Å². The molecule has 0 radical (unpaired) electrons. The fraction of sp³-hybridized carbons (Fsp3) is 0.429. The summed E-state index contributed by atoms with van der Waals surface area (Å²) in [7, 11) is 0. The standard InChI is InChI=1S/C14H18ClN3O2/c1-7(2)3-10(16)14(20)18-12-4-8-5-13(19)17-11(8)6-9(12)15/h4,6-7,10H,3,5,16H2,1-2H3,(H,17,19)(H,18,20)/t10-/m1/s1. The molecule has 108 valence electrons. The first-order chi connectivity index (χ1) is 9.36. The molecule has 1 aliphatic rings. The van der Waals surface area contributed by atoms with Crippen LogP contribution in [0.15, 0.2) is 12.1 Å². The molecule has 2 rings (SSSR count). The van der Waals surface area contributed by atoms with Crippen LogP contribution in [0.25, 0.3) is 0 Å². The SMILES string of the molecule is CC(C)C[C@@H](N)C(=O)Nc1cc2c(cc1Cl)NC(=O)C2. The second-order valence-corrected chi connectivity index (χ2v) is 5.85. The molecule has 4 N–H and O–H groups in total. The molecule has 0 fully saturated rings. The van der Waals surface area contributed by atoms with Gasteiger partial charge >= 0.3 is 0 Å². The van der Waals surface area contributed by atoms with Crippen LogP contribution in [0.1, 0.15) is 25.8 Å². The van der Waals surface area contributed by atoms with Gasteiger partial charge < -0.3 is 16.4 Å². The lowest BCUT2D eigenvalue weighted by atomic mass is 10.0. The van der Waals surface area contributed by atoms with Gasteiger partial charge in [-0.1, -0.05) is 25.4 Å². The predicted molar refractivity (Wildman–Crippen MR) is 79.8 cm³/mol. The number of fused-ring (bicyclic) bond motifs is 1. The van der Waals surface area contributed by atoms with E-state index in [1.807, 2.05) is 13.8 Å². The Morgan fingerprint density at radius 2 is 2.20 bits per heavy atom. The third-order valence-corrected chi connectivity index (χ3v) is 3.45. The van der Waals surface area contributed by atoms with Gasteiger partial charge in [0, 0.05) is 5.69 Å². The van der Waals surface area contributed by atoms with Crippen LogP contribution in [0, 0.1) is 5.92 Å². The fourth-order valence-electron chi connectivity index (χ4n) is 2.18. The Morgan fingerprint density at radius 3 is 2.85 bits per heavy atom. The Hall–Kier alpha value is -1.59. The largest absolute Gasteiger partial charge is 0.325 e. The highest BCUT2D eigenvalue weighted by molar-refractivity contribution is 6.34. The van der Waals surface area contributed by atoms with E-state index in [9.17, 15) is 9.59 Å². The van der Waals surface area contributed by atoms with Crippen molar-refractivity contribution >= 4 is 34.8 Å². The number of benzene rings is 1. The number of hydrogen-bond acceptors (Lipinski definition) is 3. The van der Waals surface area contributed by atoms with Gasteiger partial charge in [0.25, 0.3) is 0 Å². The highest BCUT2D eigenvalue weighted by Crippen LogP contribution is 2.32. The number of carbonyl (C=O) groups is 2. The second-order valence-electron chi connectivity index (χ2n) is 5.44. The normalized spacial score (nSPS) is 14.9. The van der Waals surface area contributed by atoms with Crippen molar-refractivity contribution in [3.8, 4) is 0 Å². The molecular weight excluding hydrogens is 278 g/mol. The van der Waals surface area contributed by atoms with Gasteiger partial charge in [0.1, 0.15) is 0 Å². The first-order valence-corrected chi connectivity index (χ1v) is 6.93. The summed E-state index contributed by atoms with van der Waals surface area (Å²) in [6.45, 7) is 4.01. The zero-order chi connectivity index (χ0) is 14.9. The van der Waals surface area contributed by atoms with E-state index in [0.29, 0.717) is 35.2 Å². The molecule has 1 aromatic rings. The van der Waals surface area contributed by atoms with Gasteiger partial charge in [0.05, 0.1) is 23.2 Å². The van der Waals surface area contributed by atoms with E-state index < -0.39 is 6.04 Å². The molecule has 0 aliphatic carbocycles. The van der Waals surface area contributed by atoms with Gasteiger partial charge in [-0.15, -0.1) is 0 Å². The summed E-state index contributed by atoms with van der Waals surface area (Å²) in [4.78, 5) is 23.3. The monoisotopic (exact) mass is 295 g/mol. The molecule has 0 saturated carbocycles. The van der Waals surface area contributed by atoms with Crippen molar-refractivity contribution in [3.63, 3.8) is 0 Å². The van der Waals surface area contributed by atoms with Crippen LogP contribution in [0.4, 0.5) is 11.4 Å². The van der Waals surface area contributed by atoms with Crippen molar-refractivity contribution in [1.82, 2.24) is 0 Å². The van der Waals surface area contributed by atoms with Crippen LogP contribution in [-0.4, -0.2) is 17.9 Å². The van der Waals surface area contributed by atoms with Crippen molar-refractivity contribution in [2.24, 2.45) is 11.7 Å². The molecule has 20 heavy (non-hydrogen) atoms. The fourth-order valence-corrected chi connectivity index (χ4v) is 2.40. The van der Waals surface area contributed by atoms with Gasteiger partial charge in [-0.2, -0.15) is 0 Å². The molecular formula is C14H18ClN3O2. The number of amides is 2. The molecule has 1 aliphatic heterocycles. The molecule has 2 amide bonds. The topological polar surface area (TPSA) is 84.2 Å². The maximum atomic E-state index is 12.0. The number of rotatable bonds is 4. The Morgan fingerprint density at radius 1 is 1.50 bits per heavy atom. The summed E-state index contributed by atoms with van der Waals surface area (Å²) in [5, 5.41) is 5.82. The second kappa shape index (κ2) is 5.81. The van der Waals surface area contributed by atoms with E-state index in [1.54, 1.807) is 12.1 Å². The minimum absolute atomic E-state index is 0.0731. The van der Waals surface area contributed by atoms with Crippen molar-refractivity contribution < 1.29 is 9.59 Å². The van der Waals surface area contributed by atoms with Crippen LogP contribution >= 0.6 is 11.6 Å². The van der Waals surface area contributed by atoms with Crippen LogP contribution in [0.5, 0.6) is 0 Å². The van der Waals surface area contributed by atoms with E-state index in [-0.39, 0.29) is 11.8 Å². The molecule has 1 aromatic carbocycles. The molecule has 0 spiro atoms. The lowest BCUT2D eigenvalue weighted by molar-refractivity contribution is -0.117. The molecule has 0 saturated heterocycles. The zero-order valence-electron chi connectivity index (χ0n) is 11.5. The highest BCUT2D eigenvalue weighted by atomic mass is 35.5. The summed E-state index contributed by atoms with van der Waals surface area (Å²) in [5.74, 6) is 0.00180. The summed E-state index contributed by atoms with van der Waals surface area (Å²) in [6.07, 6.45) is 0.905. The maximum Gasteiger partial charge on any atom is 0.241 e. The molecule has 1 atom stereocenters. The number of anilines is 2. The lowest BCUT2D eigenvalue weighted by Crippen LogP contribution is -2.36. The Balaban J connectivity index is 2.12. The predicted octanol–water partition coefficient (Wildman–Crippen LogP) is 2.15. The van der Waals surface area contributed by atoms with Crippen molar-refractivity contribution in [2.45, 2.75) is 32.7 Å². The van der Waals surface area contributed by atoms with E-state index >= 15 is 0 Å². The van der Waals surface area contributed by atoms with E-state index in [1.165, 1.54) is 0 Å². The smallest absolute Gasteiger partial charge is 0.241 e. The quantitative estimate of drug-likeness (QED) is 0.796. The third-order valence-electron chi connectivity index (χ3n) is 3.14. The Labute approximate surface area is 122 Å². The van der Waals surface area contributed by atoms with Crippen molar-refractivity contribution in [3.05, 3.63) is 22.7 Å². The number of nitrogens with one attached hydrogen (secondary N) is 2. The minimum atomic E-state index is -0.570. The van der Waals surface area contributed by atoms with E-state index in [0.717, 1.165) is 5.56 Å². The van der Waals surface area contributed by atoms with E-state index in [2.05, 4.69) is 10.6 Å². The van der Waals surface area contributed by atoms with Crippen molar-refractivity contribution in [1.29, 1.82) is 0 Å². The maximum absolute atomic E-state index is 12.0. The average molecular weight is 296 g/mol. The molecule has 1 heterocycles. The molecule has 0 bridgehead atoms. The summed E-state index contributed by atoms with van der Waals surface area (Å²) < 4.78 is 0. The minimum Gasteiger partial charge on any atom is -0.325 e. The summed E-state index contributed by atoms with van der Waals surface area (Å²) in [5.41, 5.74) is 7.85. The van der Waals surface area contributed by atoms with Crippen LogP contribution in [0.3, 0.4) is 0 Å².